The summed E-state index contributed by atoms with van der Waals surface area (Å²) < 4.78 is 23.9. The van der Waals surface area contributed by atoms with Gasteiger partial charge in [0.2, 0.25) is 0 Å². The molecule has 3 aromatic carbocycles. The Kier molecular flexibility index (Phi) is 5.12. The van der Waals surface area contributed by atoms with E-state index in [-0.39, 0.29) is 5.82 Å². The molecule has 1 unspecified atom stereocenters. The van der Waals surface area contributed by atoms with E-state index in [1.54, 1.807) is 0 Å². The second-order valence-electron chi connectivity index (χ2n) is 8.92. The van der Waals surface area contributed by atoms with Crippen molar-refractivity contribution in [2.45, 2.75) is 26.7 Å². The van der Waals surface area contributed by atoms with Crippen LogP contribution in [0, 0.1) is 11.7 Å². The summed E-state index contributed by atoms with van der Waals surface area (Å²) in [5.74, 6) is 0.0391. The molecule has 3 aromatic rings. The van der Waals surface area contributed by atoms with Crippen LogP contribution in [0.15, 0.2) is 59.7 Å². The minimum atomic E-state index is -0.373. The Balaban J connectivity index is 1.89. The molecule has 2 heterocycles. The van der Waals surface area contributed by atoms with Gasteiger partial charge in [-0.2, -0.15) is 0 Å². The summed E-state index contributed by atoms with van der Waals surface area (Å²) in [5.41, 5.74) is 10.3. The van der Waals surface area contributed by atoms with Gasteiger partial charge in [0.15, 0.2) is 17.0 Å². The molecule has 0 amide bonds. The summed E-state index contributed by atoms with van der Waals surface area (Å²) in [4.78, 5) is 0. The van der Waals surface area contributed by atoms with Gasteiger partial charge in [0.1, 0.15) is 5.69 Å². The Morgan fingerprint density at radius 1 is 1.21 bits per heavy atom. The average Bonchev–Trinajstić information content (AvgIpc) is 2.79. The molecule has 2 aliphatic rings. The molecule has 0 radical (unpaired) electrons. The van der Waals surface area contributed by atoms with Crippen molar-refractivity contribution in [3.05, 3.63) is 71.8 Å². The van der Waals surface area contributed by atoms with Gasteiger partial charge in [-0.25, -0.2) is 4.39 Å². The molecular weight excluding hydrogens is 413 g/mol. The number of nitrogens with two attached hydrogens (primary N) is 1. The predicted octanol–water partition coefficient (Wildman–Crippen LogP) is 6.58. The Morgan fingerprint density at radius 2 is 1.94 bits per heavy atom. The summed E-state index contributed by atoms with van der Waals surface area (Å²) in [5, 5.41) is 6.74. The fourth-order valence-corrected chi connectivity index (χ4v) is 4.69. The molecule has 0 saturated carbocycles. The van der Waals surface area contributed by atoms with Crippen molar-refractivity contribution in [2.24, 2.45) is 11.7 Å². The molecule has 0 aromatic heterocycles. The van der Waals surface area contributed by atoms with Gasteiger partial charge >= 0.3 is 0 Å². The van der Waals surface area contributed by atoms with Crippen molar-refractivity contribution in [3.8, 4) is 5.69 Å². The van der Waals surface area contributed by atoms with Crippen molar-refractivity contribution < 1.29 is 8.81 Å². The number of halogens is 1. The van der Waals surface area contributed by atoms with Crippen molar-refractivity contribution in [1.29, 1.82) is 0 Å². The maximum absolute atomic E-state index is 15.5. The Labute approximate surface area is 192 Å². The van der Waals surface area contributed by atoms with E-state index >= 15 is 4.39 Å². The number of pyridine rings is 1. The maximum Gasteiger partial charge on any atom is 0.178 e. The lowest BCUT2D eigenvalue weighted by atomic mass is 10.0. The van der Waals surface area contributed by atoms with Crippen LogP contribution in [-0.2, 0) is 0 Å². The minimum Gasteiger partial charge on any atom is -0.451 e. The summed E-state index contributed by atoms with van der Waals surface area (Å²) >= 11 is 0. The fourth-order valence-electron chi connectivity index (χ4n) is 4.69. The highest BCUT2D eigenvalue weighted by Gasteiger charge is 2.23. The largest absolute Gasteiger partial charge is 0.451 e. The topological polar surface area (TPSA) is 56.1 Å². The van der Waals surface area contributed by atoms with Crippen LogP contribution < -0.4 is 16.3 Å². The Morgan fingerprint density at radius 3 is 2.64 bits per heavy atom. The smallest absolute Gasteiger partial charge is 0.178 e. The first-order valence-corrected chi connectivity index (χ1v) is 11.4. The third kappa shape index (κ3) is 3.44. The molecule has 3 N–H and O–H groups in total. The summed E-state index contributed by atoms with van der Waals surface area (Å²) in [6, 6.07) is 13.7. The highest BCUT2D eigenvalue weighted by atomic mass is 19.1. The fraction of sp³-hybridized carbons (Fsp3) is 0.214. The van der Waals surface area contributed by atoms with E-state index < -0.39 is 0 Å². The number of fused-ring (bicyclic) bond motifs is 3. The Hall–Kier alpha value is -3.73. The SMILES string of the molecule is C=C(N)c1cn2c3cc4ccccc4cc3oc3c(NCC(C)CCC)c(F)cc(c3-2)c1=C. The van der Waals surface area contributed by atoms with E-state index in [9.17, 15) is 0 Å². The van der Waals surface area contributed by atoms with Crippen LogP contribution in [0.5, 0.6) is 0 Å². The van der Waals surface area contributed by atoms with Gasteiger partial charge in [0.05, 0.1) is 11.2 Å². The number of nitrogens with one attached hydrogen (secondary N) is 1. The predicted molar refractivity (Wildman–Crippen MR) is 137 cm³/mol. The van der Waals surface area contributed by atoms with Crippen molar-refractivity contribution in [1.82, 2.24) is 4.57 Å². The lowest BCUT2D eigenvalue weighted by Crippen LogP contribution is -2.20. The zero-order valence-electron chi connectivity index (χ0n) is 19.0. The molecule has 0 bridgehead atoms. The summed E-state index contributed by atoms with van der Waals surface area (Å²) in [6.07, 6.45) is 4.08. The van der Waals surface area contributed by atoms with Gasteiger partial charge in [-0.15, -0.1) is 0 Å². The van der Waals surface area contributed by atoms with E-state index in [0.717, 1.165) is 34.8 Å². The third-order valence-electron chi connectivity index (χ3n) is 6.41. The first-order valence-electron chi connectivity index (χ1n) is 11.4. The molecule has 168 valence electrons. The van der Waals surface area contributed by atoms with Gasteiger partial charge in [0, 0.05) is 29.4 Å². The minimum absolute atomic E-state index is 0.372. The monoisotopic (exact) mass is 441 g/mol. The molecule has 5 heteroatoms. The highest BCUT2D eigenvalue weighted by Crippen LogP contribution is 2.38. The number of rotatable bonds is 6. The lowest BCUT2D eigenvalue weighted by molar-refractivity contribution is 0.546. The van der Waals surface area contributed by atoms with Crippen molar-refractivity contribution >= 4 is 50.8 Å². The molecule has 0 fully saturated rings. The first-order chi connectivity index (χ1) is 15.9. The third-order valence-corrected chi connectivity index (χ3v) is 6.41. The molecule has 2 aliphatic heterocycles. The second kappa shape index (κ2) is 8.00. The van der Waals surface area contributed by atoms with E-state index in [0.29, 0.717) is 51.2 Å². The number of anilines is 1. The number of hydrogen-bond donors (Lipinski definition) is 2. The van der Waals surface area contributed by atoms with Gasteiger partial charge in [0.25, 0.3) is 0 Å². The zero-order valence-corrected chi connectivity index (χ0v) is 19.0. The number of nitrogens with zero attached hydrogens (tertiary/aromatic N) is 1. The van der Waals surface area contributed by atoms with Crippen molar-refractivity contribution in [3.63, 3.8) is 0 Å². The summed E-state index contributed by atoms with van der Waals surface area (Å²) in [6.45, 7) is 13.1. The van der Waals surface area contributed by atoms with E-state index in [4.69, 9.17) is 10.2 Å². The molecule has 1 atom stereocenters. The number of hydrogen-bond acceptors (Lipinski definition) is 3. The van der Waals surface area contributed by atoms with Crippen LogP contribution in [0.2, 0.25) is 0 Å². The van der Waals surface area contributed by atoms with Crippen molar-refractivity contribution in [2.75, 3.05) is 11.9 Å². The standard InChI is InChI=1S/C28H28FN3O/c1-5-8-16(2)14-31-26-23(29)13-21-17(3)22(18(4)30)15-32-24-11-19-9-6-7-10-20(19)12-25(24)33-28(26)27(21)32/h6-7,9-13,15-16,31H,3-5,8,14,30H2,1-2H3. The lowest BCUT2D eigenvalue weighted by Gasteiger charge is -2.23. The molecule has 5 rings (SSSR count). The second-order valence-corrected chi connectivity index (χ2v) is 8.92. The maximum atomic E-state index is 15.5. The van der Waals surface area contributed by atoms with Crippen LogP contribution in [0.4, 0.5) is 10.1 Å². The van der Waals surface area contributed by atoms with Gasteiger partial charge in [-0.05, 0) is 46.5 Å². The van der Waals surface area contributed by atoms with E-state index in [1.807, 2.05) is 35.0 Å². The molecule has 33 heavy (non-hydrogen) atoms. The number of benzene rings is 3. The van der Waals surface area contributed by atoms with E-state index in [2.05, 4.69) is 44.5 Å². The van der Waals surface area contributed by atoms with Crippen LogP contribution in [0.3, 0.4) is 0 Å². The van der Waals surface area contributed by atoms with Gasteiger partial charge in [-0.3, -0.25) is 0 Å². The number of aromatic nitrogens is 1. The molecular formula is C28H28FN3O. The zero-order chi connectivity index (χ0) is 23.3. The van der Waals surface area contributed by atoms with Crippen LogP contribution in [-0.4, -0.2) is 11.1 Å². The molecule has 0 spiro atoms. The van der Waals surface area contributed by atoms with Gasteiger partial charge in [-0.1, -0.05) is 57.7 Å². The molecule has 4 nitrogen and oxygen atoms in total. The summed E-state index contributed by atoms with van der Waals surface area (Å²) in [7, 11) is 0. The normalized spacial score (nSPS) is 12.7. The van der Waals surface area contributed by atoms with Crippen LogP contribution in [0.1, 0.15) is 32.3 Å². The van der Waals surface area contributed by atoms with E-state index in [1.165, 1.54) is 6.07 Å². The Bertz CT molecular complexity index is 1560. The van der Waals surface area contributed by atoms with Crippen LogP contribution >= 0.6 is 0 Å². The van der Waals surface area contributed by atoms with Crippen LogP contribution in [0.25, 0.3) is 50.8 Å². The quantitative estimate of drug-likeness (QED) is 0.231. The highest BCUT2D eigenvalue weighted by molar-refractivity contribution is 6.01. The molecule has 0 aliphatic carbocycles. The van der Waals surface area contributed by atoms with Gasteiger partial charge < -0.3 is 20.0 Å². The average molecular weight is 442 g/mol. The first kappa shape index (κ1) is 21.1. The molecule has 0 saturated heterocycles.